The zero-order valence-electron chi connectivity index (χ0n) is 15.6. The van der Waals surface area contributed by atoms with Crippen molar-refractivity contribution in [2.75, 3.05) is 39.0 Å². The molecule has 1 fully saturated rings. The molecular weight excluding hydrogens is 455 g/mol. The minimum Gasteiger partial charge on any atom is -0.376 e. The fourth-order valence-corrected chi connectivity index (χ4v) is 3.31. The van der Waals surface area contributed by atoms with Crippen LogP contribution in [0.3, 0.4) is 0 Å². The molecule has 0 amide bonds. The summed E-state index contributed by atoms with van der Waals surface area (Å²) < 4.78 is 31.1. The second-order valence-corrected chi connectivity index (χ2v) is 8.16. The number of aliphatic imine (C=N–C) groups is 1. The molecule has 0 aromatic heterocycles. The van der Waals surface area contributed by atoms with Crippen molar-refractivity contribution in [3.63, 3.8) is 0 Å². The van der Waals surface area contributed by atoms with Gasteiger partial charge in [-0.2, -0.15) is 0 Å². The lowest BCUT2D eigenvalue weighted by atomic mass is 10.1. The van der Waals surface area contributed by atoms with Gasteiger partial charge in [0, 0.05) is 26.7 Å². The van der Waals surface area contributed by atoms with Gasteiger partial charge < -0.3 is 15.4 Å². The van der Waals surface area contributed by atoms with Crippen molar-refractivity contribution < 1.29 is 13.2 Å². The second kappa shape index (κ2) is 15.0. The van der Waals surface area contributed by atoms with E-state index < -0.39 is 10.0 Å². The van der Waals surface area contributed by atoms with Crippen LogP contribution in [0.1, 0.15) is 51.9 Å². The third-order valence-electron chi connectivity index (χ3n) is 4.12. The normalized spacial score (nSPS) is 16.8. The number of halogens is 1. The number of guanidine groups is 1. The van der Waals surface area contributed by atoms with Crippen LogP contribution in [0.15, 0.2) is 4.99 Å². The highest BCUT2D eigenvalue weighted by Gasteiger charge is 2.12. The number of hydrogen-bond acceptors (Lipinski definition) is 4. The van der Waals surface area contributed by atoms with Crippen LogP contribution in [0.2, 0.25) is 0 Å². The maximum atomic E-state index is 11.3. The van der Waals surface area contributed by atoms with Crippen molar-refractivity contribution in [2.24, 2.45) is 4.99 Å². The van der Waals surface area contributed by atoms with E-state index in [4.69, 9.17) is 4.74 Å². The molecule has 0 bridgehead atoms. The van der Waals surface area contributed by atoms with Gasteiger partial charge in [-0.1, -0.05) is 25.7 Å². The molecule has 1 rings (SSSR count). The zero-order chi connectivity index (χ0) is 17.7. The van der Waals surface area contributed by atoms with E-state index in [1.54, 1.807) is 14.0 Å². The number of nitrogens with zero attached hydrogens (tertiary/aromatic N) is 1. The highest BCUT2D eigenvalue weighted by molar-refractivity contribution is 14.0. The zero-order valence-corrected chi connectivity index (χ0v) is 18.7. The number of ether oxygens (including phenoxy) is 1. The fourth-order valence-electron chi connectivity index (χ4n) is 2.65. The third kappa shape index (κ3) is 12.8. The molecule has 1 aliphatic carbocycles. The van der Waals surface area contributed by atoms with E-state index in [0.29, 0.717) is 32.2 Å². The Labute approximate surface area is 170 Å². The maximum absolute atomic E-state index is 11.3. The van der Waals surface area contributed by atoms with Crippen LogP contribution in [0.4, 0.5) is 0 Å². The quantitative estimate of drug-likeness (QED) is 0.143. The number of nitrogens with one attached hydrogen (secondary N) is 3. The summed E-state index contributed by atoms with van der Waals surface area (Å²) in [4.78, 5) is 4.15. The number of sulfonamides is 1. The van der Waals surface area contributed by atoms with E-state index in [-0.39, 0.29) is 29.7 Å². The van der Waals surface area contributed by atoms with E-state index in [0.717, 1.165) is 12.5 Å². The van der Waals surface area contributed by atoms with Gasteiger partial charge in [-0.3, -0.25) is 4.99 Å². The van der Waals surface area contributed by atoms with Crippen LogP contribution < -0.4 is 15.4 Å². The average molecular weight is 490 g/mol. The van der Waals surface area contributed by atoms with Gasteiger partial charge in [-0.15, -0.1) is 24.0 Å². The van der Waals surface area contributed by atoms with Crippen molar-refractivity contribution in [3.8, 4) is 0 Å². The molecule has 3 N–H and O–H groups in total. The Morgan fingerprint density at radius 2 is 1.72 bits per heavy atom. The molecule has 0 heterocycles. The summed E-state index contributed by atoms with van der Waals surface area (Å²) in [6.45, 7) is 4.13. The highest BCUT2D eigenvalue weighted by atomic mass is 127. The van der Waals surface area contributed by atoms with Gasteiger partial charge in [-0.25, -0.2) is 13.1 Å². The predicted molar refractivity (Wildman–Crippen MR) is 114 cm³/mol. The van der Waals surface area contributed by atoms with E-state index in [2.05, 4.69) is 20.3 Å². The number of hydrogen-bond donors (Lipinski definition) is 3. The second-order valence-electron chi connectivity index (χ2n) is 6.06. The Morgan fingerprint density at radius 1 is 1.08 bits per heavy atom. The Morgan fingerprint density at radius 3 is 2.32 bits per heavy atom. The standard InChI is InChI=1S/C16H34N4O3S.HI/c1-3-24(21,22)20-12-8-11-18-16(17-2)19-13-14-23-15-9-6-4-5-7-10-15;/h15,20H,3-14H2,1-2H3,(H2,17,18,19);1H. The molecule has 7 nitrogen and oxygen atoms in total. The summed E-state index contributed by atoms with van der Waals surface area (Å²) in [6, 6.07) is 0. The summed E-state index contributed by atoms with van der Waals surface area (Å²) in [6.07, 6.45) is 8.72. The Bertz CT molecular complexity index is 452. The van der Waals surface area contributed by atoms with Gasteiger partial charge in [0.05, 0.1) is 18.5 Å². The minimum absolute atomic E-state index is 0. The molecule has 0 aliphatic heterocycles. The lowest BCUT2D eigenvalue weighted by Gasteiger charge is -2.16. The molecule has 1 saturated carbocycles. The van der Waals surface area contributed by atoms with Gasteiger partial charge in [0.2, 0.25) is 10.0 Å². The topological polar surface area (TPSA) is 91.8 Å². The van der Waals surface area contributed by atoms with Crippen molar-refractivity contribution in [1.82, 2.24) is 15.4 Å². The van der Waals surface area contributed by atoms with Gasteiger partial charge in [0.25, 0.3) is 0 Å². The molecule has 0 unspecified atom stereocenters. The number of rotatable bonds is 10. The smallest absolute Gasteiger partial charge is 0.211 e. The lowest BCUT2D eigenvalue weighted by molar-refractivity contribution is 0.0468. The Hall–Kier alpha value is -0.130. The van der Waals surface area contributed by atoms with Crippen LogP contribution >= 0.6 is 24.0 Å². The van der Waals surface area contributed by atoms with E-state index >= 15 is 0 Å². The van der Waals surface area contributed by atoms with Gasteiger partial charge >= 0.3 is 0 Å². The molecule has 0 saturated heterocycles. The molecule has 0 atom stereocenters. The monoisotopic (exact) mass is 490 g/mol. The Kier molecular flexibility index (Phi) is 14.9. The molecule has 9 heteroatoms. The average Bonchev–Trinajstić information content (AvgIpc) is 2.85. The summed E-state index contributed by atoms with van der Waals surface area (Å²) in [7, 11) is -1.37. The van der Waals surface area contributed by atoms with Crippen molar-refractivity contribution in [2.45, 2.75) is 58.0 Å². The summed E-state index contributed by atoms with van der Waals surface area (Å²) in [5, 5.41) is 6.39. The van der Waals surface area contributed by atoms with E-state index in [1.807, 2.05) is 0 Å². The van der Waals surface area contributed by atoms with Crippen LogP contribution in [0, 0.1) is 0 Å². The third-order valence-corrected chi connectivity index (χ3v) is 5.53. The molecular formula is C16H35IN4O3S. The summed E-state index contributed by atoms with van der Waals surface area (Å²) in [5.41, 5.74) is 0. The van der Waals surface area contributed by atoms with Crippen LogP contribution in [0.25, 0.3) is 0 Å². The first-order chi connectivity index (χ1) is 11.6. The first kappa shape index (κ1) is 24.9. The van der Waals surface area contributed by atoms with Crippen molar-refractivity contribution in [3.05, 3.63) is 0 Å². The van der Waals surface area contributed by atoms with Crippen LogP contribution in [-0.2, 0) is 14.8 Å². The summed E-state index contributed by atoms with van der Waals surface area (Å²) in [5.74, 6) is 0.836. The summed E-state index contributed by atoms with van der Waals surface area (Å²) >= 11 is 0. The molecule has 1 aliphatic rings. The van der Waals surface area contributed by atoms with Crippen molar-refractivity contribution >= 4 is 40.0 Å². The molecule has 0 radical (unpaired) electrons. The molecule has 0 aromatic rings. The first-order valence-corrected chi connectivity index (χ1v) is 10.8. The molecule has 25 heavy (non-hydrogen) atoms. The maximum Gasteiger partial charge on any atom is 0.211 e. The van der Waals surface area contributed by atoms with E-state index in [1.165, 1.54) is 38.5 Å². The first-order valence-electron chi connectivity index (χ1n) is 9.11. The predicted octanol–water partition coefficient (Wildman–Crippen LogP) is 1.84. The van der Waals surface area contributed by atoms with Crippen molar-refractivity contribution in [1.29, 1.82) is 0 Å². The molecule has 0 aromatic carbocycles. The van der Waals surface area contributed by atoms with E-state index in [9.17, 15) is 8.42 Å². The van der Waals surface area contributed by atoms with Crippen LogP contribution in [0.5, 0.6) is 0 Å². The SMILES string of the molecule is CCS(=O)(=O)NCCCNC(=NC)NCCOC1CCCCCC1.I. The fraction of sp³-hybridized carbons (Fsp3) is 0.938. The van der Waals surface area contributed by atoms with Gasteiger partial charge in [-0.05, 0) is 26.2 Å². The Balaban J connectivity index is 0.00000576. The highest BCUT2D eigenvalue weighted by Crippen LogP contribution is 2.19. The van der Waals surface area contributed by atoms with Gasteiger partial charge in [0.15, 0.2) is 5.96 Å². The molecule has 0 spiro atoms. The minimum atomic E-state index is -3.10. The molecule has 150 valence electrons. The van der Waals surface area contributed by atoms with Crippen LogP contribution in [-0.4, -0.2) is 59.5 Å². The largest absolute Gasteiger partial charge is 0.376 e. The van der Waals surface area contributed by atoms with Gasteiger partial charge in [0.1, 0.15) is 0 Å². The lowest BCUT2D eigenvalue weighted by Crippen LogP contribution is -2.40.